The Hall–Kier alpha value is -1.45. The van der Waals surface area contributed by atoms with Crippen molar-refractivity contribution in [2.45, 2.75) is 65.7 Å². The molecule has 4 nitrogen and oxygen atoms in total. The molecule has 4 aliphatic carbocycles. The van der Waals surface area contributed by atoms with E-state index in [2.05, 4.69) is 13.8 Å². The highest BCUT2D eigenvalue weighted by atomic mass is 16.5. The summed E-state index contributed by atoms with van der Waals surface area (Å²) in [5.41, 5.74) is 0.861. The first kappa shape index (κ1) is 18.9. The average molecular weight is 373 g/mol. The molecule has 0 unspecified atom stereocenters. The van der Waals surface area contributed by atoms with Crippen LogP contribution in [0.4, 0.5) is 0 Å². The molecule has 7 atom stereocenters. The predicted molar refractivity (Wildman–Crippen MR) is 102 cm³/mol. The average Bonchev–Trinajstić information content (AvgIpc) is 3.01. The van der Waals surface area contributed by atoms with E-state index < -0.39 is 5.41 Å². The Kier molecular flexibility index (Phi) is 4.40. The Morgan fingerprint density at radius 3 is 2.63 bits per heavy atom. The van der Waals surface area contributed by atoms with Crippen LogP contribution in [0, 0.1) is 40.4 Å². The van der Waals surface area contributed by atoms with Gasteiger partial charge in [-0.3, -0.25) is 14.4 Å². The van der Waals surface area contributed by atoms with E-state index >= 15 is 0 Å². The summed E-state index contributed by atoms with van der Waals surface area (Å²) in [7, 11) is 1.43. The van der Waals surface area contributed by atoms with Gasteiger partial charge in [0.15, 0.2) is 5.78 Å². The summed E-state index contributed by atoms with van der Waals surface area (Å²) in [5, 5.41) is 0. The fourth-order valence-electron chi connectivity index (χ4n) is 7.29. The standard InChI is InChI=1S/C23H32O4/c1-13(21(26)27-4)17-7-8-18-16-6-5-14-11-15(24)9-10-22(14,2)19(16)12-20(25)23(17,18)3/h12-14,16-18H,5-11H2,1-4H3/t13-,14-,16+,17+,18-,22+,23+/m1/s1. The number of esters is 1. The first-order valence-electron chi connectivity index (χ1n) is 10.6. The fraction of sp³-hybridized carbons (Fsp3) is 0.783. The molecule has 0 aromatic rings. The van der Waals surface area contributed by atoms with Gasteiger partial charge in [0.1, 0.15) is 5.78 Å². The van der Waals surface area contributed by atoms with Crippen molar-refractivity contribution in [2.75, 3.05) is 7.11 Å². The molecule has 0 N–H and O–H groups in total. The normalized spacial score (nSPS) is 44.7. The van der Waals surface area contributed by atoms with Gasteiger partial charge in [-0.2, -0.15) is 0 Å². The number of carbonyl (C=O) groups is 3. The van der Waals surface area contributed by atoms with Crippen molar-refractivity contribution in [3.05, 3.63) is 11.6 Å². The molecule has 0 aromatic carbocycles. The summed E-state index contributed by atoms with van der Waals surface area (Å²) in [6, 6.07) is 0. The third kappa shape index (κ3) is 2.51. The molecule has 4 aliphatic rings. The molecule has 3 fully saturated rings. The van der Waals surface area contributed by atoms with E-state index in [0.29, 0.717) is 36.4 Å². The van der Waals surface area contributed by atoms with Gasteiger partial charge in [0.05, 0.1) is 13.0 Å². The van der Waals surface area contributed by atoms with Gasteiger partial charge in [-0.1, -0.05) is 26.3 Å². The number of ether oxygens (including phenoxy) is 1. The molecular formula is C23H32O4. The van der Waals surface area contributed by atoms with E-state index in [1.165, 1.54) is 12.7 Å². The second-order valence-electron chi connectivity index (χ2n) is 9.89. The smallest absolute Gasteiger partial charge is 0.308 e. The zero-order chi connectivity index (χ0) is 19.6. The number of fused-ring (bicyclic) bond motifs is 5. The van der Waals surface area contributed by atoms with E-state index in [1.54, 1.807) is 0 Å². The quantitative estimate of drug-likeness (QED) is 0.684. The highest BCUT2D eigenvalue weighted by Gasteiger charge is 2.61. The van der Waals surface area contributed by atoms with E-state index in [1.807, 2.05) is 13.0 Å². The van der Waals surface area contributed by atoms with Crippen LogP contribution in [0.15, 0.2) is 11.6 Å². The lowest BCUT2D eigenvalue weighted by Crippen LogP contribution is -2.52. The third-order valence-electron chi connectivity index (χ3n) is 8.99. The van der Waals surface area contributed by atoms with Gasteiger partial charge in [-0.25, -0.2) is 0 Å². The summed E-state index contributed by atoms with van der Waals surface area (Å²) in [6.07, 6.45) is 8.25. The number of methoxy groups -OCH3 is 1. The molecule has 0 aliphatic heterocycles. The van der Waals surface area contributed by atoms with Crippen LogP contribution < -0.4 is 0 Å². The summed E-state index contributed by atoms with van der Waals surface area (Å²) in [4.78, 5) is 37.7. The number of hydrogen-bond acceptors (Lipinski definition) is 4. The minimum Gasteiger partial charge on any atom is -0.469 e. The van der Waals surface area contributed by atoms with Crippen LogP contribution in [-0.4, -0.2) is 24.6 Å². The second-order valence-corrected chi connectivity index (χ2v) is 9.89. The Balaban J connectivity index is 1.71. The van der Waals surface area contributed by atoms with Gasteiger partial charge in [-0.05, 0) is 67.3 Å². The predicted octanol–water partition coefficient (Wildman–Crippen LogP) is 4.12. The molecule has 4 rings (SSSR count). The molecule has 0 bridgehead atoms. The van der Waals surface area contributed by atoms with Gasteiger partial charge < -0.3 is 4.74 Å². The van der Waals surface area contributed by atoms with Crippen molar-refractivity contribution >= 4 is 17.5 Å². The highest BCUT2D eigenvalue weighted by molar-refractivity contribution is 5.98. The summed E-state index contributed by atoms with van der Waals surface area (Å²) in [5.74, 6) is 1.33. The minimum absolute atomic E-state index is 0.000130. The lowest BCUT2D eigenvalue weighted by molar-refractivity contribution is -0.150. The van der Waals surface area contributed by atoms with E-state index in [-0.39, 0.29) is 29.0 Å². The summed E-state index contributed by atoms with van der Waals surface area (Å²) >= 11 is 0. The molecule has 0 amide bonds. The summed E-state index contributed by atoms with van der Waals surface area (Å²) < 4.78 is 4.99. The highest BCUT2D eigenvalue weighted by Crippen LogP contribution is 2.65. The van der Waals surface area contributed by atoms with Crippen molar-refractivity contribution in [3.8, 4) is 0 Å². The van der Waals surface area contributed by atoms with Gasteiger partial charge in [-0.15, -0.1) is 0 Å². The Labute approximate surface area is 162 Å². The maximum Gasteiger partial charge on any atom is 0.308 e. The molecule has 148 valence electrons. The first-order chi connectivity index (χ1) is 12.7. The second kappa shape index (κ2) is 6.28. The zero-order valence-electron chi connectivity index (χ0n) is 17.0. The van der Waals surface area contributed by atoms with E-state index in [0.717, 1.165) is 32.1 Å². The largest absolute Gasteiger partial charge is 0.469 e. The molecule has 0 spiro atoms. The van der Waals surface area contributed by atoms with Crippen LogP contribution in [0.25, 0.3) is 0 Å². The van der Waals surface area contributed by atoms with E-state index in [9.17, 15) is 14.4 Å². The zero-order valence-corrected chi connectivity index (χ0v) is 17.0. The number of allylic oxidation sites excluding steroid dienone is 2. The van der Waals surface area contributed by atoms with Crippen molar-refractivity contribution in [1.29, 1.82) is 0 Å². The molecule has 0 heterocycles. The van der Waals surface area contributed by atoms with Crippen LogP contribution in [0.1, 0.15) is 65.7 Å². The lowest BCUT2D eigenvalue weighted by atomic mass is 9.48. The fourth-order valence-corrected chi connectivity index (χ4v) is 7.29. The lowest BCUT2D eigenvalue weighted by Gasteiger charge is -2.55. The number of hydrogen-bond donors (Lipinski definition) is 0. The molecule has 4 heteroatoms. The topological polar surface area (TPSA) is 60.4 Å². The van der Waals surface area contributed by atoms with Crippen LogP contribution in [-0.2, 0) is 19.1 Å². The Bertz CT molecular complexity index is 722. The van der Waals surface area contributed by atoms with Crippen LogP contribution >= 0.6 is 0 Å². The number of Topliss-reactive ketones (excluding diaryl/α,β-unsaturated/α-hetero) is 1. The maximum absolute atomic E-state index is 13.5. The minimum atomic E-state index is -0.463. The van der Waals surface area contributed by atoms with Crippen molar-refractivity contribution < 1.29 is 19.1 Å². The van der Waals surface area contributed by atoms with Crippen molar-refractivity contribution in [1.82, 2.24) is 0 Å². The Morgan fingerprint density at radius 1 is 1.19 bits per heavy atom. The monoisotopic (exact) mass is 372 g/mol. The third-order valence-corrected chi connectivity index (χ3v) is 8.99. The van der Waals surface area contributed by atoms with Gasteiger partial charge >= 0.3 is 5.97 Å². The molecule has 0 aromatic heterocycles. The molecule has 0 radical (unpaired) electrons. The van der Waals surface area contributed by atoms with Crippen LogP contribution in [0.5, 0.6) is 0 Å². The Morgan fingerprint density at radius 2 is 1.93 bits per heavy atom. The van der Waals surface area contributed by atoms with Gasteiger partial charge in [0.2, 0.25) is 0 Å². The number of carbonyl (C=O) groups excluding carboxylic acids is 3. The van der Waals surface area contributed by atoms with Crippen LogP contribution in [0.3, 0.4) is 0 Å². The maximum atomic E-state index is 13.5. The molecule has 27 heavy (non-hydrogen) atoms. The number of rotatable bonds is 2. The van der Waals surface area contributed by atoms with Gasteiger partial charge in [0.25, 0.3) is 0 Å². The van der Waals surface area contributed by atoms with Crippen molar-refractivity contribution in [2.24, 2.45) is 40.4 Å². The SMILES string of the molecule is COC(=O)[C@H](C)[C@@H]1CC[C@@H]2[C@@H]3CC[C@@H]4CC(=O)CC[C@]4(C)C3=CC(=O)[C@]21C. The molecular weight excluding hydrogens is 340 g/mol. The summed E-state index contributed by atoms with van der Waals surface area (Å²) in [6.45, 7) is 6.31. The van der Waals surface area contributed by atoms with Gasteiger partial charge in [0, 0.05) is 18.3 Å². The van der Waals surface area contributed by atoms with Crippen LogP contribution in [0.2, 0.25) is 0 Å². The van der Waals surface area contributed by atoms with E-state index in [4.69, 9.17) is 4.74 Å². The van der Waals surface area contributed by atoms with Crippen molar-refractivity contribution in [3.63, 3.8) is 0 Å². The number of ketones is 2. The first-order valence-corrected chi connectivity index (χ1v) is 10.6. The molecule has 3 saturated carbocycles. The molecule has 0 saturated heterocycles.